The molecule has 0 bridgehead atoms. The summed E-state index contributed by atoms with van der Waals surface area (Å²) in [6.07, 6.45) is 0. The largest absolute Gasteiger partial charge is 0.480 e. The Bertz CT molecular complexity index is 286. The maximum Gasteiger partial charge on any atom is 0.321 e. The Morgan fingerprint density at radius 1 is 1.67 bits per heavy atom. The second-order valence-electron chi connectivity index (χ2n) is 2.52. The normalized spacial score (nSPS) is 25.4. The van der Waals surface area contributed by atoms with Gasteiger partial charge in [-0.1, -0.05) is 0 Å². The first-order valence-corrected chi connectivity index (χ1v) is 4.88. The molecule has 0 aliphatic carbocycles. The maximum absolute atomic E-state index is 11.1. The van der Waals surface area contributed by atoms with Gasteiger partial charge in [-0.05, 0) is 6.92 Å². The lowest BCUT2D eigenvalue weighted by Gasteiger charge is -2.17. The van der Waals surface area contributed by atoms with E-state index in [9.17, 15) is 13.2 Å². The van der Waals surface area contributed by atoms with E-state index in [-0.39, 0.29) is 13.1 Å². The number of hydrogen-bond acceptors (Lipinski definition) is 3. The molecule has 1 fully saturated rings. The van der Waals surface area contributed by atoms with Crippen molar-refractivity contribution in [3.8, 4) is 0 Å². The van der Waals surface area contributed by atoms with Crippen molar-refractivity contribution in [2.75, 3.05) is 13.1 Å². The third-order valence-corrected chi connectivity index (χ3v) is 3.40. The molecule has 6 nitrogen and oxygen atoms in total. The highest BCUT2D eigenvalue weighted by atomic mass is 32.2. The van der Waals surface area contributed by atoms with Gasteiger partial charge in [0.15, 0.2) is 0 Å². The Hall–Kier alpha value is -0.660. The van der Waals surface area contributed by atoms with Gasteiger partial charge in [0.2, 0.25) is 0 Å². The first-order chi connectivity index (χ1) is 5.45. The fraction of sp³-hybridized carbons (Fsp3) is 0.800. The molecule has 2 N–H and O–H groups in total. The molecule has 0 spiro atoms. The molecule has 1 aliphatic heterocycles. The van der Waals surface area contributed by atoms with Crippen LogP contribution in [0.25, 0.3) is 0 Å². The average Bonchev–Trinajstić information content (AvgIpc) is 2.27. The van der Waals surface area contributed by atoms with Gasteiger partial charge in [0, 0.05) is 13.1 Å². The van der Waals surface area contributed by atoms with Crippen LogP contribution < -0.4 is 4.72 Å². The molecule has 70 valence electrons. The third kappa shape index (κ3) is 1.57. The van der Waals surface area contributed by atoms with Crippen molar-refractivity contribution < 1.29 is 18.3 Å². The fourth-order valence-electron chi connectivity index (χ4n) is 1.01. The molecule has 1 aliphatic rings. The van der Waals surface area contributed by atoms with Crippen LogP contribution in [0, 0.1) is 0 Å². The van der Waals surface area contributed by atoms with Crippen LogP contribution in [-0.2, 0) is 15.0 Å². The Kier molecular flexibility index (Phi) is 2.36. The van der Waals surface area contributed by atoms with Crippen LogP contribution in [-0.4, -0.2) is 42.9 Å². The van der Waals surface area contributed by atoms with Crippen LogP contribution in [0.5, 0.6) is 0 Å². The van der Waals surface area contributed by atoms with E-state index in [1.54, 1.807) is 0 Å². The topological polar surface area (TPSA) is 86.7 Å². The minimum atomic E-state index is -3.53. The number of aliphatic carboxylic acids is 1. The Balaban J connectivity index is 2.83. The van der Waals surface area contributed by atoms with E-state index >= 15 is 0 Å². The number of rotatable bonds is 2. The Morgan fingerprint density at radius 3 is 2.58 bits per heavy atom. The molecular formula is C5H10N2O4S. The first kappa shape index (κ1) is 9.43. The maximum atomic E-state index is 11.1. The van der Waals surface area contributed by atoms with Crippen LogP contribution in [0.1, 0.15) is 6.92 Å². The first-order valence-electron chi connectivity index (χ1n) is 3.44. The minimum absolute atomic E-state index is 0.218. The van der Waals surface area contributed by atoms with E-state index in [1.165, 1.54) is 6.92 Å². The van der Waals surface area contributed by atoms with Gasteiger partial charge in [-0.3, -0.25) is 4.79 Å². The lowest BCUT2D eigenvalue weighted by molar-refractivity contribution is -0.140. The molecule has 12 heavy (non-hydrogen) atoms. The highest BCUT2D eigenvalue weighted by molar-refractivity contribution is 7.87. The van der Waals surface area contributed by atoms with Gasteiger partial charge in [0.05, 0.1) is 0 Å². The van der Waals surface area contributed by atoms with Gasteiger partial charge in [0.1, 0.15) is 6.04 Å². The van der Waals surface area contributed by atoms with Gasteiger partial charge < -0.3 is 5.11 Å². The molecule has 1 saturated heterocycles. The molecule has 1 atom stereocenters. The van der Waals surface area contributed by atoms with Crippen LogP contribution >= 0.6 is 0 Å². The summed E-state index contributed by atoms with van der Waals surface area (Å²) < 4.78 is 25.3. The summed E-state index contributed by atoms with van der Waals surface area (Å²) in [7, 11) is -3.53. The SMILES string of the molecule is C[C@@H](C(=O)O)N1CCNS1(=O)=O. The molecule has 0 aromatic heterocycles. The Morgan fingerprint density at radius 2 is 2.25 bits per heavy atom. The fourth-order valence-corrected chi connectivity index (χ4v) is 2.37. The van der Waals surface area contributed by atoms with Crippen molar-refractivity contribution in [2.24, 2.45) is 0 Å². The van der Waals surface area contributed by atoms with Crippen LogP contribution in [0.15, 0.2) is 0 Å². The van der Waals surface area contributed by atoms with Crippen molar-refractivity contribution in [1.82, 2.24) is 9.03 Å². The van der Waals surface area contributed by atoms with Crippen molar-refractivity contribution in [1.29, 1.82) is 0 Å². The summed E-state index contributed by atoms with van der Waals surface area (Å²) in [6, 6.07) is -0.995. The van der Waals surface area contributed by atoms with E-state index in [4.69, 9.17) is 5.11 Å². The third-order valence-electron chi connectivity index (χ3n) is 1.71. The highest BCUT2D eigenvalue weighted by Gasteiger charge is 2.35. The van der Waals surface area contributed by atoms with E-state index in [1.807, 2.05) is 0 Å². The summed E-state index contributed by atoms with van der Waals surface area (Å²) in [5, 5.41) is 8.54. The molecule has 7 heteroatoms. The van der Waals surface area contributed by atoms with Gasteiger partial charge in [0.25, 0.3) is 10.2 Å². The predicted octanol–water partition coefficient (Wildman–Crippen LogP) is -1.39. The molecule has 0 aromatic carbocycles. The number of carboxylic acids is 1. The van der Waals surface area contributed by atoms with Gasteiger partial charge >= 0.3 is 5.97 Å². The minimum Gasteiger partial charge on any atom is -0.480 e. The summed E-state index contributed by atoms with van der Waals surface area (Å²) in [5.74, 6) is -1.14. The molecule has 0 aromatic rings. The highest BCUT2D eigenvalue weighted by Crippen LogP contribution is 2.09. The number of carbonyl (C=O) groups is 1. The zero-order chi connectivity index (χ0) is 9.35. The summed E-state index contributed by atoms with van der Waals surface area (Å²) in [6.45, 7) is 1.84. The molecular weight excluding hydrogens is 184 g/mol. The van der Waals surface area contributed by atoms with Crippen molar-refractivity contribution in [3.63, 3.8) is 0 Å². The van der Waals surface area contributed by atoms with Gasteiger partial charge in [-0.25, -0.2) is 4.72 Å². The van der Waals surface area contributed by atoms with E-state index < -0.39 is 22.2 Å². The molecule has 1 rings (SSSR count). The van der Waals surface area contributed by atoms with Crippen molar-refractivity contribution in [3.05, 3.63) is 0 Å². The van der Waals surface area contributed by atoms with E-state index in [2.05, 4.69) is 4.72 Å². The van der Waals surface area contributed by atoms with Gasteiger partial charge in [-0.15, -0.1) is 0 Å². The number of hydrogen-bond donors (Lipinski definition) is 2. The monoisotopic (exact) mass is 194 g/mol. The number of carboxylic acid groups (broad SMARTS) is 1. The average molecular weight is 194 g/mol. The molecule has 0 unspecified atom stereocenters. The van der Waals surface area contributed by atoms with E-state index in [0.29, 0.717) is 0 Å². The molecule has 0 radical (unpaired) electrons. The molecule has 1 heterocycles. The summed E-state index contributed by atoms with van der Waals surface area (Å²) in [5.41, 5.74) is 0. The lowest BCUT2D eigenvalue weighted by Crippen LogP contribution is -2.41. The predicted molar refractivity (Wildman–Crippen MR) is 40.7 cm³/mol. The van der Waals surface area contributed by atoms with Crippen molar-refractivity contribution in [2.45, 2.75) is 13.0 Å². The van der Waals surface area contributed by atoms with E-state index in [0.717, 1.165) is 4.31 Å². The second-order valence-corrected chi connectivity index (χ2v) is 4.23. The van der Waals surface area contributed by atoms with Gasteiger partial charge in [-0.2, -0.15) is 12.7 Å². The molecule has 0 saturated carbocycles. The quantitative estimate of drug-likeness (QED) is 0.566. The van der Waals surface area contributed by atoms with Crippen LogP contribution in [0.3, 0.4) is 0 Å². The number of nitrogens with one attached hydrogen (secondary N) is 1. The zero-order valence-electron chi connectivity index (χ0n) is 6.52. The second kappa shape index (κ2) is 3.00. The smallest absolute Gasteiger partial charge is 0.321 e. The summed E-state index contributed by atoms with van der Waals surface area (Å²) in [4.78, 5) is 10.4. The van der Waals surface area contributed by atoms with Crippen LogP contribution in [0.2, 0.25) is 0 Å². The number of nitrogens with zero attached hydrogens (tertiary/aromatic N) is 1. The summed E-state index contributed by atoms with van der Waals surface area (Å²) >= 11 is 0. The Labute approximate surface area is 70.4 Å². The lowest BCUT2D eigenvalue weighted by atomic mass is 10.3. The molecule has 0 amide bonds. The van der Waals surface area contributed by atoms with Crippen LogP contribution in [0.4, 0.5) is 0 Å². The zero-order valence-corrected chi connectivity index (χ0v) is 7.34. The van der Waals surface area contributed by atoms with Crippen molar-refractivity contribution >= 4 is 16.2 Å². The standard InChI is InChI=1S/C5H10N2O4S/c1-4(5(8)9)7-3-2-6-12(7,10)11/h4,6H,2-3H2,1H3,(H,8,9)/t4-/m0/s1.